The van der Waals surface area contributed by atoms with Crippen molar-refractivity contribution in [1.82, 2.24) is 0 Å². The molecule has 1 aromatic carbocycles. The van der Waals surface area contributed by atoms with Gasteiger partial charge in [-0.3, -0.25) is 4.79 Å². The summed E-state index contributed by atoms with van der Waals surface area (Å²) in [7, 11) is 0. The molecule has 0 atom stereocenters. The van der Waals surface area contributed by atoms with Crippen LogP contribution in [0.2, 0.25) is 0 Å². The number of benzene rings is 1. The van der Waals surface area contributed by atoms with E-state index in [1.807, 2.05) is 18.2 Å². The van der Waals surface area contributed by atoms with Crippen molar-refractivity contribution in [3.63, 3.8) is 0 Å². The van der Waals surface area contributed by atoms with Gasteiger partial charge in [0.15, 0.2) is 5.78 Å². The van der Waals surface area contributed by atoms with E-state index in [4.69, 9.17) is 0 Å². The summed E-state index contributed by atoms with van der Waals surface area (Å²) in [5.41, 5.74) is 2.44. The number of carbonyl (C=O) groups excluding carboxylic acids is 1. The fourth-order valence-corrected chi connectivity index (χ4v) is 2.68. The molecule has 2 heteroatoms. The third-order valence-electron chi connectivity index (χ3n) is 4.18. The van der Waals surface area contributed by atoms with Crippen molar-refractivity contribution in [2.24, 2.45) is 5.41 Å². The van der Waals surface area contributed by atoms with Gasteiger partial charge in [0, 0.05) is 29.8 Å². The maximum absolute atomic E-state index is 11.6. The molecule has 1 aliphatic heterocycles. The second-order valence-electron chi connectivity index (χ2n) is 5.14. The van der Waals surface area contributed by atoms with Gasteiger partial charge in [0.25, 0.3) is 0 Å². The molecule has 92 valence electrons. The van der Waals surface area contributed by atoms with Crippen molar-refractivity contribution >= 4 is 11.5 Å². The number of ketones is 1. The smallest absolute Gasteiger partial charge is 0.161 e. The molecule has 0 N–H and O–H groups in total. The molecule has 2 rings (SSSR count). The summed E-state index contributed by atoms with van der Waals surface area (Å²) in [6.07, 6.45) is 2.45. The quantitative estimate of drug-likeness (QED) is 0.739. The van der Waals surface area contributed by atoms with Crippen LogP contribution in [0.1, 0.15) is 44.0 Å². The first-order valence-corrected chi connectivity index (χ1v) is 6.47. The molecular formula is C15H21NO. The lowest BCUT2D eigenvalue weighted by Crippen LogP contribution is -2.56. The van der Waals surface area contributed by atoms with Gasteiger partial charge in [-0.05, 0) is 31.9 Å². The molecule has 0 radical (unpaired) electrons. The minimum Gasteiger partial charge on any atom is -0.370 e. The zero-order chi connectivity index (χ0) is 12.5. The van der Waals surface area contributed by atoms with Crippen LogP contribution in [0.4, 0.5) is 5.69 Å². The van der Waals surface area contributed by atoms with E-state index in [1.165, 1.54) is 12.8 Å². The van der Waals surface area contributed by atoms with E-state index in [9.17, 15) is 4.79 Å². The number of anilines is 1. The minimum atomic E-state index is 0.158. The molecule has 0 spiro atoms. The molecule has 0 bridgehead atoms. The molecule has 1 fully saturated rings. The van der Waals surface area contributed by atoms with Crippen molar-refractivity contribution in [1.29, 1.82) is 0 Å². The number of rotatable bonds is 4. The van der Waals surface area contributed by atoms with Crippen molar-refractivity contribution in [3.05, 3.63) is 29.8 Å². The molecule has 1 aliphatic rings. The van der Waals surface area contributed by atoms with Gasteiger partial charge < -0.3 is 4.90 Å². The molecule has 2 nitrogen and oxygen atoms in total. The maximum atomic E-state index is 11.6. The van der Waals surface area contributed by atoms with Gasteiger partial charge in [-0.1, -0.05) is 26.0 Å². The number of hydrogen-bond acceptors (Lipinski definition) is 2. The van der Waals surface area contributed by atoms with Crippen LogP contribution in [0, 0.1) is 5.41 Å². The summed E-state index contributed by atoms with van der Waals surface area (Å²) in [6, 6.07) is 7.94. The molecule has 0 aliphatic carbocycles. The van der Waals surface area contributed by atoms with E-state index in [0.717, 1.165) is 24.3 Å². The lowest BCUT2D eigenvalue weighted by Gasteiger charge is -2.51. The predicted octanol–water partition coefficient (Wildman–Crippen LogP) is 3.52. The molecule has 1 heterocycles. The third kappa shape index (κ3) is 2.08. The zero-order valence-electron chi connectivity index (χ0n) is 11.0. The van der Waals surface area contributed by atoms with Crippen LogP contribution >= 0.6 is 0 Å². The highest BCUT2D eigenvalue weighted by atomic mass is 16.1. The molecule has 1 saturated heterocycles. The number of para-hydroxylation sites is 1. The summed E-state index contributed by atoms with van der Waals surface area (Å²) in [6.45, 7) is 8.34. The molecule has 0 saturated carbocycles. The number of nitrogens with zero attached hydrogens (tertiary/aromatic N) is 1. The monoisotopic (exact) mass is 231 g/mol. The van der Waals surface area contributed by atoms with Crippen molar-refractivity contribution in [2.45, 2.75) is 33.6 Å². The zero-order valence-corrected chi connectivity index (χ0v) is 11.0. The van der Waals surface area contributed by atoms with E-state index in [1.54, 1.807) is 6.92 Å². The Balaban J connectivity index is 2.19. The number of hydrogen-bond donors (Lipinski definition) is 0. The largest absolute Gasteiger partial charge is 0.370 e. The van der Waals surface area contributed by atoms with Gasteiger partial charge in [-0.25, -0.2) is 0 Å². The average Bonchev–Trinajstić information content (AvgIpc) is 2.29. The van der Waals surface area contributed by atoms with Gasteiger partial charge in [0.1, 0.15) is 0 Å². The lowest BCUT2D eigenvalue weighted by atomic mass is 9.74. The van der Waals surface area contributed by atoms with E-state index in [0.29, 0.717) is 5.41 Å². The van der Waals surface area contributed by atoms with Crippen LogP contribution in [0.15, 0.2) is 24.3 Å². The van der Waals surface area contributed by atoms with Crippen LogP contribution in [0.25, 0.3) is 0 Å². The summed E-state index contributed by atoms with van der Waals surface area (Å²) in [5.74, 6) is 0.158. The topological polar surface area (TPSA) is 20.3 Å². The Morgan fingerprint density at radius 3 is 2.35 bits per heavy atom. The summed E-state index contributed by atoms with van der Waals surface area (Å²) < 4.78 is 0. The fourth-order valence-electron chi connectivity index (χ4n) is 2.68. The summed E-state index contributed by atoms with van der Waals surface area (Å²) in [4.78, 5) is 13.9. The van der Waals surface area contributed by atoms with Gasteiger partial charge in [-0.15, -0.1) is 0 Å². The lowest BCUT2D eigenvalue weighted by molar-refractivity contribution is 0.101. The molecule has 0 aromatic heterocycles. The first-order chi connectivity index (χ1) is 8.12. The first-order valence-electron chi connectivity index (χ1n) is 6.47. The Morgan fingerprint density at radius 2 is 1.82 bits per heavy atom. The van der Waals surface area contributed by atoms with Crippen LogP contribution in [0.5, 0.6) is 0 Å². The predicted molar refractivity (Wildman–Crippen MR) is 71.7 cm³/mol. The van der Waals surface area contributed by atoms with E-state index >= 15 is 0 Å². The highest BCUT2D eigenvalue weighted by Crippen LogP contribution is 2.40. The van der Waals surface area contributed by atoms with Gasteiger partial charge in [0.05, 0.1) is 0 Å². The Bertz CT molecular complexity index is 413. The van der Waals surface area contributed by atoms with Gasteiger partial charge >= 0.3 is 0 Å². The fraction of sp³-hybridized carbons (Fsp3) is 0.533. The summed E-state index contributed by atoms with van der Waals surface area (Å²) in [5, 5.41) is 0. The van der Waals surface area contributed by atoms with Crippen molar-refractivity contribution in [2.75, 3.05) is 18.0 Å². The SMILES string of the molecule is CCC1(CC)CN(c2ccccc2C(C)=O)C1. The van der Waals surface area contributed by atoms with Crippen molar-refractivity contribution in [3.8, 4) is 0 Å². The van der Waals surface area contributed by atoms with Crippen LogP contribution in [-0.2, 0) is 0 Å². The Hall–Kier alpha value is -1.31. The minimum absolute atomic E-state index is 0.158. The average molecular weight is 231 g/mol. The highest BCUT2D eigenvalue weighted by molar-refractivity contribution is 5.99. The molecule has 0 amide bonds. The number of Topliss-reactive ketones (excluding diaryl/α,β-unsaturated/α-hetero) is 1. The highest BCUT2D eigenvalue weighted by Gasteiger charge is 2.40. The van der Waals surface area contributed by atoms with Crippen molar-refractivity contribution < 1.29 is 4.79 Å². The summed E-state index contributed by atoms with van der Waals surface area (Å²) >= 11 is 0. The van der Waals surface area contributed by atoms with E-state index in [2.05, 4.69) is 24.8 Å². The molecule has 0 unspecified atom stereocenters. The van der Waals surface area contributed by atoms with E-state index < -0.39 is 0 Å². The van der Waals surface area contributed by atoms with Crippen LogP contribution in [-0.4, -0.2) is 18.9 Å². The standard InChI is InChI=1S/C15H21NO/c1-4-15(5-2)10-16(11-15)14-9-7-6-8-13(14)12(3)17/h6-9H,4-5,10-11H2,1-3H3. The maximum Gasteiger partial charge on any atom is 0.161 e. The van der Waals surface area contributed by atoms with Gasteiger partial charge in [-0.2, -0.15) is 0 Å². The second kappa shape index (κ2) is 4.52. The van der Waals surface area contributed by atoms with Crippen LogP contribution < -0.4 is 4.90 Å². The van der Waals surface area contributed by atoms with E-state index in [-0.39, 0.29) is 5.78 Å². The third-order valence-corrected chi connectivity index (χ3v) is 4.18. The Labute approximate surface area is 104 Å². The van der Waals surface area contributed by atoms with Crippen LogP contribution in [0.3, 0.4) is 0 Å². The number of carbonyl (C=O) groups is 1. The second-order valence-corrected chi connectivity index (χ2v) is 5.14. The Kier molecular flexibility index (Phi) is 3.23. The molecule has 17 heavy (non-hydrogen) atoms. The molecular weight excluding hydrogens is 210 g/mol. The van der Waals surface area contributed by atoms with Gasteiger partial charge in [0.2, 0.25) is 0 Å². The normalized spacial score (nSPS) is 17.7. The Morgan fingerprint density at radius 1 is 1.24 bits per heavy atom. The molecule has 1 aromatic rings. The first kappa shape index (κ1) is 12.2.